The molecule has 0 unspecified atom stereocenters. The van der Waals surface area contributed by atoms with Gasteiger partial charge in [0.05, 0.1) is 0 Å². The van der Waals surface area contributed by atoms with Gasteiger partial charge >= 0.3 is 0 Å². The minimum atomic E-state index is -0.472. The molecule has 2 aromatic heterocycles. The second-order valence-electron chi connectivity index (χ2n) is 7.34. The van der Waals surface area contributed by atoms with Crippen molar-refractivity contribution in [1.29, 1.82) is 0 Å². The van der Waals surface area contributed by atoms with E-state index < -0.39 is 5.91 Å². The van der Waals surface area contributed by atoms with Crippen LogP contribution in [0.1, 0.15) is 34.2 Å². The summed E-state index contributed by atoms with van der Waals surface area (Å²) in [6.07, 6.45) is 2.94. The van der Waals surface area contributed by atoms with Gasteiger partial charge in [-0.2, -0.15) is 9.97 Å². The summed E-state index contributed by atoms with van der Waals surface area (Å²) in [4.78, 5) is 23.9. The summed E-state index contributed by atoms with van der Waals surface area (Å²) in [5.74, 6) is 0.918. The highest BCUT2D eigenvalue weighted by molar-refractivity contribution is 5.94. The molecule has 10 nitrogen and oxygen atoms in total. The second-order valence-corrected chi connectivity index (χ2v) is 7.34. The van der Waals surface area contributed by atoms with Gasteiger partial charge in [0.1, 0.15) is 11.4 Å². The van der Waals surface area contributed by atoms with Crippen LogP contribution in [0.3, 0.4) is 0 Å². The lowest BCUT2D eigenvalue weighted by atomic mass is 10.1. The van der Waals surface area contributed by atoms with Crippen LogP contribution < -0.4 is 16.8 Å². The first-order valence-corrected chi connectivity index (χ1v) is 10.7. The summed E-state index contributed by atoms with van der Waals surface area (Å²) < 4.78 is 5.15. The van der Waals surface area contributed by atoms with E-state index in [1.165, 1.54) is 11.8 Å². The second kappa shape index (κ2) is 11.5. The lowest BCUT2D eigenvalue weighted by Gasteiger charge is -2.09. The van der Waals surface area contributed by atoms with Crippen LogP contribution in [0.5, 0.6) is 0 Å². The largest absolute Gasteiger partial charge is 0.396 e. The van der Waals surface area contributed by atoms with E-state index >= 15 is 0 Å². The Morgan fingerprint density at radius 1 is 1.15 bits per heavy atom. The summed E-state index contributed by atoms with van der Waals surface area (Å²) in [6.45, 7) is 3.96. The molecule has 6 N–H and O–H groups in total. The minimum Gasteiger partial charge on any atom is -0.396 e. The fraction of sp³-hybridized carbons (Fsp3) is 0.208. The molecule has 0 aliphatic heterocycles. The SMILES string of the molecule is CCc1noc(-c2cnc(Nc3ccc(C(N)=O)c(C)c3)nc2N)n1.OCCc1ccccc1. The highest BCUT2D eigenvalue weighted by Crippen LogP contribution is 2.24. The lowest BCUT2D eigenvalue weighted by molar-refractivity contribution is 0.0999. The van der Waals surface area contributed by atoms with E-state index in [0.29, 0.717) is 35.0 Å². The first-order valence-electron chi connectivity index (χ1n) is 10.7. The van der Waals surface area contributed by atoms with E-state index in [2.05, 4.69) is 25.4 Å². The summed E-state index contributed by atoms with van der Waals surface area (Å²) >= 11 is 0. The van der Waals surface area contributed by atoms with Crippen molar-refractivity contribution in [2.75, 3.05) is 17.7 Å². The normalized spacial score (nSPS) is 10.3. The molecule has 0 bridgehead atoms. The van der Waals surface area contributed by atoms with Crippen molar-refractivity contribution in [1.82, 2.24) is 20.1 Å². The van der Waals surface area contributed by atoms with Crippen LogP contribution in [0, 0.1) is 6.92 Å². The molecule has 10 heteroatoms. The average molecular weight is 462 g/mol. The Hall–Kier alpha value is -4.31. The number of aryl methyl sites for hydroxylation is 2. The van der Waals surface area contributed by atoms with Gasteiger partial charge in [0.2, 0.25) is 11.9 Å². The quantitative estimate of drug-likeness (QED) is 0.323. The van der Waals surface area contributed by atoms with Gasteiger partial charge in [0.25, 0.3) is 5.89 Å². The van der Waals surface area contributed by atoms with Crippen molar-refractivity contribution in [2.45, 2.75) is 26.7 Å². The van der Waals surface area contributed by atoms with E-state index in [9.17, 15) is 4.79 Å². The van der Waals surface area contributed by atoms with E-state index in [0.717, 1.165) is 12.0 Å². The van der Waals surface area contributed by atoms with Gasteiger partial charge in [0.15, 0.2) is 5.82 Å². The van der Waals surface area contributed by atoms with Crippen molar-refractivity contribution < 1.29 is 14.4 Å². The zero-order valence-electron chi connectivity index (χ0n) is 19.0. The summed E-state index contributed by atoms with van der Waals surface area (Å²) in [6, 6.07) is 15.1. The fourth-order valence-electron chi connectivity index (χ4n) is 3.05. The van der Waals surface area contributed by atoms with Crippen LogP contribution in [0.25, 0.3) is 11.5 Å². The van der Waals surface area contributed by atoms with Crippen LogP contribution in [-0.4, -0.2) is 37.7 Å². The Morgan fingerprint density at radius 3 is 2.50 bits per heavy atom. The van der Waals surface area contributed by atoms with Gasteiger partial charge in [0, 0.05) is 30.5 Å². The fourth-order valence-corrected chi connectivity index (χ4v) is 3.05. The number of amides is 1. The summed E-state index contributed by atoms with van der Waals surface area (Å²) in [7, 11) is 0. The molecular formula is C24H27N7O3. The van der Waals surface area contributed by atoms with Gasteiger partial charge in [-0.1, -0.05) is 42.4 Å². The molecular weight excluding hydrogens is 434 g/mol. The van der Waals surface area contributed by atoms with E-state index in [1.807, 2.05) is 37.3 Å². The third-order valence-corrected chi connectivity index (χ3v) is 4.82. The van der Waals surface area contributed by atoms with Gasteiger partial charge in [-0.3, -0.25) is 4.79 Å². The van der Waals surface area contributed by atoms with Crippen molar-refractivity contribution in [2.24, 2.45) is 5.73 Å². The highest BCUT2D eigenvalue weighted by atomic mass is 16.5. The van der Waals surface area contributed by atoms with Gasteiger partial charge in [-0.15, -0.1) is 0 Å². The van der Waals surface area contributed by atoms with Gasteiger partial charge in [-0.05, 0) is 42.7 Å². The van der Waals surface area contributed by atoms with Crippen molar-refractivity contribution in [3.05, 3.63) is 77.2 Å². The number of nitrogens with zero attached hydrogens (tertiary/aromatic N) is 4. The third-order valence-electron chi connectivity index (χ3n) is 4.82. The molecule has 0 radical (unpaired) electrons. The van der Waals surface area contributed by atoms with Crippen LogP contribution in [0.2, 0.25) is 0 Å². The van der Waals surface area contributed by atoms with Crippen LogP contribution >= 0.6 is 0 Å². The van der Waals surface area contributed by atoms with E-state index in [-0.39, 0.29) is 18.3 Å². The molecule has 2 aromatic carbocycles. The smallest absolute Gasteiger partial charge is 0.263 e. The number of aromatic nitrogens is 4. The third kappa shape index (κ3) is 6.36. The number of nitrogen functional groups attached to an aromatic ring is 1. The Balaban J connectivity index is 0.000000302. The molecule has 0 aliphatic carbocycles. The topological polar surface area (TPSA) is 166 Å². The summed E-state index contributed by atoms with van der Waals surface area (Å²) in [5, 5.41) is 15.4. The Bertz CT molecular complexity index is 1240. The number of hydrogen-bond acceptors (Lipinski definition) is 9. The van der Waals surface area contributed by atoms with Crippen LogP contribution in [-0.2, 0) is 12.8 Å². The van der Waals surface area contributed by atoms with Gasteiger partial charge < -0.3 is 26.4 Å². The maximum Gasteiger partial charge on any atom is 0.263 e. The zero-order valence-corrected chi connectivity index (χ0v) is 19.0. The van der Waals surface area contributed by atoms with E-state index in [4.69, 9.17) is 21.1 Å². The first-order chi connectivity index (χ1) is 16.4. The number of rotatable bonds is 7. The molecule has 2 heterocycles. The predicted molar refractivity (Wildman–Crippen MR) is 129 cm³/mol. The number of aliphatic hydroxyl groups excluding tert-OH is 1. The molecule has 0 aliphatic rings. The van der Waals surface area contributed by atoms with Gasteiger partial charge in [-0.25, -0.2) is 4.98 Å². The number of hydrogen-bond donors (Lipinski definition) is 4. The lowest BCUT2D eigenvalue weighted by Crippen LogP contribution is -2.12. The number of nitrogens with one attached hydrogen (secondary N) is 1. The maximum atomic E-state index is 11.3. The number of aliphatic hydroxyl groups is 1. The number of anilines is 3. The Kier molecular flexibility index (Phi) is 8.25. The van der Waals surface area contributed by atoms with Crippen molar-refractivity contribution in [3.8, 4) is 11.5 Å². The molecule has 4 rings (SSSR count). The van der Waals surface area contributed by atoms with Crippen LogP contribution in [0.4, 0.5) is 17.5 Å². The van der Waals surface area contributed by atoms with Crippen LogP contribution in [0.15, 0.2) is 59.3 Å². The predicted octanol–water partition coefficient (Wildman–Crippen LogP) is 3.04. The molecule has 0 saturated carbocycles. The zero-order chi connectivity index (χ0) is 24.5. The number of primary amides is 1. The molecule has 1 amide bonds. The molecule has 0 atom stereocenters. The standard InChI is InChI=1S/C16H17N7O2.C8H10O/c1-3-12-21-15(25-23-12)11-7-19-16(22-13(11)17)20-9-4-5-10(14(18)24)8(2)6-9;9-7-6-8-4-2-1-3-5-8/h4-7H,3H2,1-2H3,(H2,18,24)(H3,17,19,20,22);1-5,9H,6-7H2. The average Bonchev–Trinajstić information content (AvgIpc) is 3.29. The summed E-state index contributed by atoms with van der Waals surface area (Å²) in [5.41, 5.74) is 14.9. The molecule has 176 valence electrons. The first kappa shape index (κ1) is 24.3. The monoisotopic (exact) mass is 461 g/mol. The molecule has 0 saturated heterocycles. The van der Waals surface area contributed by atoms with E-state index in [1.54, 1.807) is 25.1 Å². The molecule has 34 heavy (non-hydrogen) atoms. The number of carbonyl (C=O) groups excluding carboxylic acids is 1. The van der Waals surface area contributed by atoms with Crippen molar-refractivity contribution >= 4 is 23.4 Å². The maximum absolute atomic E-state index is 11.3. The molecule has 4 aromatic rings. The Labute approximate surface area is 197 Å². The minimum absolute atomic E-state index is 0.217. The van der Waals surface area contributed by atoms with Crippen molar-refractivity contribution in [3.63, 3.8) is 0 Å². The number of carbonyl (C=O) groups is 1. The molecule has 0 fully saturated rings. The number of benzene rings is 2. The Morgan fingerprint density at radius 2 is 1.91 bits per heavy atom. The highest BCUT2D eigenvalue weighted by Gasteiger charge is 2.14. The number of nitrogens with two attached hydrogens (primary N) is 2. The molecule has 0 spiro atoms.